The normalized spacial score (nSPS) is 10.3. The number of nitrogens with zero attached hydrogens (tertiary/aromatic N) is 4. The van der Waals surface area contributed by atoms with Crippen molar-refractivity contribution in [2.75, 3.05) is 0 Å². The van der Waals surface area contributed by atoms with E-state index in [4.69, 9.17) is 10.2 Å². The van der Waals surface area contributed by atoms with Crippen molar-refractivity contribution in [3.8, 4) is 45.9 Å². The molecule has 0 aliphatic rings. The first-order valence-corrected chi connectivity index (χ1v) is 17.8. The number of aromatic nitrogens is 2. The number of aryl methyl sites for hydroxylation is 2. The van der Waals surface area contributed by atoms with Crippen LogP contribution in [0.25, 0.3) is 44.1 Å². The minimum atomic E-state index is -1.17. The third-order valence-corrected chi connectivity index (χ3v) is 8.81. The lowest BCUT2D eigenvalue weighted by molar-refractivity contribution is -0.137. The van der Waals surface area contributed by atoms with Crippen LogP contribution in [0.2, 0.25) is 0 Å². The number of Topliss-reactive ketones (excluding diaryl/α,β-unsaturated/α-hetero) is 2. The van der Waals surface area contributed by atoms with E-state index in [1.165, 1.54) is 6.07 Å². The van der Waals surface area contributed by atoms with Crippen LogP contribution in [0.4, 0.5) is 8.78 Å². The third-order valence-electron chi connectivity index (χ3n) is 8.81. The Morgan fingerprint density at radius 2 is 1.07 bits per heavy atom. The number of nitriles is 2. The van der Waals surface area contributed by atoms with Crippen LogP contribution in [0.15, 0.2) is 72.8 Å². The van der Waals surface area contributed by atoms with Crippen molar-refractivity contribution in [1.29, 1.82) is 10.5 Å². The molecule has 14 heteroatoms. The molecule has 0 spiro atoms. The summed E-state index contributed by atoms with van der Waals surface area (Å²) in [5.41, 5.74) is 2.09. The van der Waals surface area contributed by atoms with Crippen LogP contribution in [0, 0.1) is 48.1 Å². The van der Waals surface area contributed by atoms with Crippen LogP contribution in [-0.4, -0.2) is 53.9 Å². The number of hydrogen-bond donors (Lipinski definition) is 4. The zero-order valence-electron chi connectivity index (χ0n) is 31.7. The van der Waals surface area contributed by atoms with Gasteiger partial charge in [0.05, 0.1) is 23.9 Å². The highest BCUT2D eigenvalue weighted by atomic mass is 19.1. The zero-order valence-corrected chi connectivity index (χ0v) is 31.7. The van der Waals surface area contributed by atoms with Gasteiger partial charge in [0.25, 0.3) is 0 Å². The number of carbonyl (C=O) groups is 4. The molecule has 0 unspecified atom stereocenters. The average molecular weight is 787 g/mol. The highest BCUT2D eigenvalue weighted by Crippen LogP contribution is 2.37. The van der Waals surface area contributed by atoms with Crippen molar-refractivity contribution in [1.82, 2.24) is 9.97 Å². The Balaban J connectivity index is 0.000000246. The topological polar surface area (TPSA) is 223 Å². The second kappa shape index (κ2) is 18.8. The first-order chi connectivity index (χ1) is 27.7. The Morgan fingerprint density at radius 1 is 0.621 bits per heavy atom. The van der Waals surface area contributed by atoms with Gasteiger partial charge in [-0.25, -0.2) is 18.7 Å². The monoisotopic (exact) mass is 786 g/mol. The van der Waals surface area contributed by atoms with Gasteiger partial charge in [0, 0.05) is 40.3 Å². The van der Waals surface area contributed by atoms with Crippen molar-refractivity contribution >= 4 is 45.3 Å². The SMILES string of the molecule is CC.Cc1cc(-c2cccc3c(C#N)c(O)c(C(=O)CCC(=O)O)nc23)ccc1F.Cc1cccc(-c2cccc3c(C#N)c(O)c(C(=O)CCC(=O)O)nc23)c1F. The molecule has 0 amide bonds. The molecule has 0 saturated heterocycles. The first kappa shape index (κ1) is 43.2. The van der Waals surface area contributed by atoms with Crippen molar-refractivity contribution in [2.45, 2.75) is 53.4 Å². The summed E-state index contributed by atoms with van der Waals surface area (Å²) in [6.45, 7) is 7.23. The summed E-state index contributed by atoms with van der Waals surface area (Å²) < 4.78 is 28.3. The molecular formula is C44H36F2N4O8. The van der Waals surface area contributed by atoms with Crippen LogP contribution in [0.5, 0.6) is 11.5 Å². The molecule has 0 aliphatic carbocycles. The average Bonchev–Trinajstić information content (AvgIpc) is 3.21. The number of aromatic hydroxyl groups is 2. The highest BCUT2D eigenvalue weighted by molar-refractivity contribution is 6.06. The maximum Gasteiger partial charge on any atom is 0.303 e. The quantitative estimate of drug-likeness (QED) is 0.0955. The minimum Gasteiger partial charge on any atom is -0.504 e. The van der Waals surface area contributed by atoms with E-state index in [1.54, 1.807) is 80.6 Å². The molecule has 0 radical (unpaired) electrons. The van der Waals surface area contributed by atoms with Gasteiger partial charge >= 0.3 is 11.9 Å². The predicted molar refractivity (Wildman–Crippen MR) is 210 cm³/mol. The zero-order chi connectivity index (χ0) is 42.8. The summed E-state index contributed by atoms with van der Waals surface area (Å²) in [5.74, 6) is -5.71. The van der Waals surface area contributed by atoms with E-state index >= 15 is 0 Å². The van der Waals surface area contributed by atoms with Gasteiger partial charge in [0.15, 0.2) is 23.1 Å². The number of carbonyl (C=O) groups excluding carboxylic acids is 2. The maximum atomic E-state index is 14.7. The van der Waals surface area contributed by atoms with Gasteiger partial charge in [-0.1, -0.05) is 74.5 Å². The molecule has 2 aromatic heterocycles. The van der Waals surface area contributed by atoms with Crippen molar-refractivity contribution in [2.24, 2.45) is 0 Å². The fourth-order valence-corrected chi connectivity index (χ4v) is 5.96. The number of halogens is 2. The number of carboxylic acids is 2. The van der Waals surface area contributed by atoms with Gasteiger partial charge in [-0.15, -0.1) is 0 Å². The second-order valence-electron chi connectivity index (χ2n) is 12.5. The maximum absolute atomic E-state index is 14.7. The molecular weight excluding hydrogens is 751 g/mol. The summed E-state index contributed by atoms with van der Waals surface area (Å²) >= 11 is 0. The van der Waals surface area contributed by atoms with Gasteiger partial charge in [-0.05, 0) is 42.7 Å². The molecule has 6 rings (SSSR count). The summed E-state index contributed by atoms with van der Waals surface area (Å²) in [6.07, 6.45) is -1.59. The molecule has 58 heavy (non-hydrogen) atoms. The number of aliphatic carboxylic acids is 2. The molecule has 12 nitrogen and oxygen atoms in total. The number of benzene rings is 4. The van der Waals surface area contributed by atoms with Crippen LogP contribution in [-0.2, 0) is 9.59 Å². The van der Waals surface area contributed by atoms with Crippen LogP contribution < -0.4 is 0 Å². The van der Waals surface area contributed by atoms with Crippen LogP contribution >= 0.6 is 0 Å². The lowest BCUT2D eigenvalue weighted by Crippen LogP contribution is -2.08. The van der Waals surface area contributed by atoms with Gasteiger partial charge in [0.2, 0.25) is 0 Å². The number of ketones is 2. The van der Waals surface area contributed by atoms with E-state index in [0.717, 1.165) is 0 Å². The van der Waals surface area contributed by atoms with E-state index in [-0.39, 0.29) is 51.9 Å². The fraction of sp³-hybridized carbons (Fsp3) is 0.182. The molecule has 294 valence electrons. The van der Waals surface area contributed by atoms with Crippen molar-refractivity contribution in [3.05, 3.63) is 118 Å². The number of fused-ring (bicyclic) bond motifs is 2. The third kappa shape index (κ3) is 9.09. The van der Waals surface area contributed by atoms with E-state index < -0.39 is 59.4 Å². The molecule has 0 bridgehead atoms. The van der Waals surface area contributed by atoms with E-state index in [2.05, 4.69) is 9.97 Å². The summed E-state index contributed by atoms with van der Waals surface area (Å²) in [7, 11) is 0. The van der Waals surface area contributed by atoms with Gasteiger partial charge in [0.1, 0.15) is 46.3 Å². The Bertz CT molecular complexity index is 2700. The second-order valence-corrected chi connectivity index (χ2v) is 12.5. The molecule has 4 N–H and O–H groups in total. The van der Waals surface area contributed by atoms with Crippen LogP contribution in [0.1, 0.15) is 82.8 Å². The van der Waals surface area contributed by atoms with Crippen molar-refractivity contribution in [3.63, 3.8) is 0 Å². The standard InChI is InChI=1S/2C21H15FN2O4.C2H6/c1-11-4-2-5-12(18(11)22)13-6-3-7-14-15(10-23)21(28)20(24-19(13)14)16(25)8-9-17(26)27;1-11-9-12(5-6-16(11)22)13-3-2-4-14-15(10-23)21(28)20(24-19(13)14)17(25)7-8-18(26)27;1-2/h2-7,28H,8-9H2,1H3,(H,26,27);2-6,9,28H,7-8H2,1H3,(H,26,27);1-2H3. The Morgan fingerprint density at radius 3 is 1.53 bits per heavy atom. The van der Waals surface area contributed by atoms with E-state index in [9.17, 15) is 48.7 Å². The highest BCUT2D eigenvalue weighted by Gasteiger charge is 2.24. The molecule has 4 aromatic carbocycles. The number of rotatable bonds is 10. The van der Waals surface area contributed by atoms with Gasteiger partial charge < -0.3 is 20.4 Å². The van der Waals surface area contributed by atoms with E-state index in [1.807, 2.05) is 26.0 Å². The Hall–Kier alpha value is -7.58. The number of hydrogen-bond acceptors (Lipinski definition) is 10. The Kier molecular flexibility index (Phi) is 14.0. The molecule has 0 saturated carbocycles. The fourth-order valence-electron chi connectivity index (χ4n) is 5.96. The molecule has 2 heterocycles. The van der Waals surface area contributed by atoms with Gasteiger partial charge in [-0.2, -0.15) is 10.5 Å². The largest absolute Gasteiger partial charge is 0.504 e. The first-order valence-electron chi connectivity index (χ1n) is 17.8. The summed E-state index contributed by atoms with van der Waals surface area (Å²) in [6, 6.07) is 22.8. The lowest BCUT2D eigenvalue weighted by atomic mass is 9.96. The van der Waals surface area contributed by atoms with E-state index in [0.29, 0.717) is 38.7 Å². The molecule has 6 aromatic rings. The summed E-state index contributed by atoms with van der Waals surface area (Å²) in [4.78, 5) is 54.7. The minimum absolute atomic E-state index is 0.121. The van der Waals surface area contributed by atoms with Crippen molar-refractivity contribution < 1.29 is 48.4 Å². The smallest absolute Gasteiger partial charge is 0.303 e. The molecule has 0 atom stereocenters. The molecule has 0 aliphatic heterocycles. The lowest BCUT2D eigenvalue weighted by Gasteiger charge is -2.12. The number of pyridine rings is 2. The number of carboxylic acid groups (broad SMARTS) is 2. The number of para-hydroxylation sites is 2. The summed E-state index contributed by atoms with van der Waals surface area (Å²) in [5, 5.41) is 57.8. The van der Waals surface area contributed by atoms with Crippen LogP contribution in [0.3, 0.4) is 0 Å². The molecule has 0 fully saturated rings. The van der Waals surface area contributed by atoms with Gasteiger partial charge in [-0.3, -0.25) is 19.2 Å². The Labute approximate surface area is 330 Å². The predicted octanol–water partition coefficient (Wildman–Crippen LogP) is 8.97.